The van der Waals surface area contributed by atoms with Gasteiger partial charge in [-0.25, -0.2) is 13.4 Å². The third-order valence-electron chi connectivity index (χ3n) is 2.26. The summed E-state index contributed by atoms with van der Waals surface area (Å²) in [6.07, 6.45) is 0. The molecule has 0 aliphatic rings. The molecule has 0 radical (unpaired) electrons. The molecule has 0 N–H and O–H groups in total. The first-order valence-corrected chi connectivity index (χ1v) is 7.93. The van der Waals surface area contributed by atoms with E-state index in [9.17, 15) is 8.42 Å². The molecule has 0 saturated heterocycles. The number of hydrogen-bond acceptors (Lipinski definition) is 5. The van der Waals surface area contributed by atoms with Gasteiger partial charge in [-0.1, -0.05) is 12.1 Å². The molecule has 0 spiro atoms. The number of hydrogen-bond donors (Lipinski definition) is 0. The van der Waals surface area contributed by atoms with E-state index in [1.807, 2.05) is 18.2 Å². The van der Waals surface area contributed by atoms with Crippen molar-refractivity contribution < 1.29 is 8.42 Å². The fourth-order valence-corrected chi connectivity index (χ4v) is 4.43. The van der Waals surface area contributed by atoms with Gasteiger partial charge in [0.2, 0.25) is 14.4 Å². The number of aromatic nitrogens is 1. The zero-order valence-electron chi connectivity index (χ0n) is 10.2. The third-order valence-corrected chi connectivity index (χ3v) is 6.63. The highest BCUT2D eigenvalue weighted by atomic mass is 32.3. The van der Waals surface area contributed by atoms with Crippen LogP contribution >= 0.6 is 11.3 Å². The first kappa shape index (κ1) is 13.8. The molecule has 18 heavy (non-hydrogen) atoms. The number of para-hydroxylation sites is 1. The highest BCUT2D eigenvalue weighted by Crippen LogP contribution is 2.29. The van der Waals surface area contributed by atoms with Gasteiger partial charge in [0.05, 0.1) is 10.2 Å². The van der Waals surface area contributed by atoms with Crippen LogP contribution in [-0.2, 0) is 22.8 Å². The van der Waals surface area contributed by atoms with E-state index in [4.69, 9.17) is 12.8 Å². The van der Waals surface area contributed by atoms with E-state index in [1.165, 1.54) is 0 Å². The molecule has 1 aromatic heterocycles. The van der Waals surface area contributed by atoms with Gasteiger partial charge in [0.25, 0.3) is 0 Å². The molecule has 0 aliphatic carbocycles. The normalized spacial score (nSPS) is 13.4. The number of benzene rings is 1. The van der Waals surface area contributed by atoms with Gasteiger partial charge >= 0.3 is 0 Å². The number of thiazole rings is 1. The summed E-state index contributed by atoms with van der Waals surface area (Å²) >= 11 is 6.15. The first-order chi connectivity index (χ1) is 8.23. The molecule has 0 aliphatic heterocycles. The second-order valence-corrected chi connectivity index (χ2v) is 8.44. The maximum Gasteiger partial charge on any atom is 0.249 e. The standard InChI is InChI=1S/C11H13N2O2S3/c1-11(2,3)13(16)18(14,15)10-12-8-6-4-5-7-9(8)17-10/h4-7H,1-3H3/q-1. The molecule has 1 heterocycles. The summed E-state index contributed by atoms with van der Waals surface area (Å²) in [5.41, 5.74) is 0.0323. The molecular formula is C11H13N2O2S3-. The van der Waals surface area contributed by atoms with Crippen LogP contribution in [0.5, 0.6) is 0 Å². The third kappa shape index (κ3) is 2.40. The van der Waals surface area contributed by atoms with Gasteiger partial charge < -0.3 is 16.5 Å². The minimum Gasteiger partial charge on any atom is -0.683 e. The summed E-state index contributed by atoms with van der Waals surface area (Å²) in [6, 6.07) is 7.31. The van der Waals surface area contributed by atoms with E-state index < -0.39 is 15.6 Å². The Morgan fingerprint density at radius 2 is 1.89 bits per heavy atom. The Bertz CT molecular complexity index is 638. The maximum atomic E-state index is 12.3. The molecular weight excluding hydrogens is 288 g/mol. The van der Waals surface area contributed by atoms with Crippen molar-refractivity contribution in [3.05, 3.63) is 24.3 Å². The van der Waals surface area contributed by atoms with Crippen LogP contribution < -0.4 is 0 Å². The molecule has 0 unspecified atom stereocenters. The van der Waals surface area contributed by atoms with Crippen molar-refractivity contribution in [3.63, 3.8) is 0 Å². The van der Waals surface area contributed by atoms with Crippen molar-refractivity contribution in [1.82, 2.24) is 8.69 Å². The van der Waals surface area contributed by atoms with E-state index in [2.05, 4.69) is 4.98 Å². The van der Waals surface area contributed by atoms with E-state index in [0.29, 0.717) is 5.52 Å². The highest BCUT2D eigenvalue weighted by Gasteiger charge is 2.27. The number of rotatable bonds is 2. The fraction of sp³-hybridized carbons (Fsp3) is 0.364. The molecule has 0 atom stereocenters. The van der Waals surface area contributed by atoms with E-state index >= 15 is 0 Å². The second-order valence-electron chi connectivity index (χ2n) is 4.85. The molecule has 1 aromatic carbocycles. The van der Waals surface area contributed by atoms with Gasteiger partial charge in [-0.3, -0.25) is 0 Å². The lowest BCUT2D eigenvalue weighted by Crippen LogP contribution is -2.41. The minimum atomic E-state index is -3.70. The number of nitrogens with zero attached hydrogens (tertiary/aromatic N) is 2. The maximum absolute atomic E-state index is 12.3. The predicted octanol–water partition coefficient (Wildman–Crippen LogP) is 2.55. The van der Waals surface area contributed by atoms with Crippen LogP contribution in [0.15, 0.2) is 28.6 Å². The average Bonchev–Trinajstić information content (AvgIpc) is 2.70. The van der Waals surface area contributed by atoms with Crippen molar-refractivity contribution in [2.24, 2.45) is 0 Å². The molecule has 7 heteroatoms. The molecule has 2 rings (SSSR count). The lowest BCUT2D eigenvalue weighted by Gasteiger charge is -2.40. The van der Waals surface area contributed by atoms with E-state index in [-0.39, 0.29) is 4.34 Å². The second kappa shape index (κ2) is 4.48. The van der Waals surface area contributed by atoms with Crippen LogP contribution in [0, 0.1) is 0 Å². The lowest BCUT2D eigenvalue weighted by atomic mass is 10.1. The largest absolute Gasteiger partial charge is 0.683 e. The summed E-state index contributed by atoms with van der Waals surface area (Å²) in [5.74, 6) is 0. The van der Waals surface area contributed by atoms with Crippen LogP contribution in [0.2, 0.25) is 0 Å². The molecule has 0 bridgehead atoms. The van der Waals surface area contributed by atoms with Crippen LogP contribution in [0.3, 0.4) is 0 Å². The summed E-state index contributed by atoms with van der Waals surface area (Å²) in [4.78, 5) is 4.14. The van der Waals surface area contributed by atoms with Crippen LogP contribution in [-0.4, -0.2) is 22.7 Å². The Morgan fingerprint density at radius 1 is 1.28 bits per heavy atom. The van der Waals surface area contributed by atoms with Crippen LogP contribution in [0.4, 0.5) is 0 Å². The smallest absolute Gasteiger partial charge is 0.249 e. The molecule has 98 valence electrons. The molecule has 0 fully saturated rings. The number of sulfonamides is 1. The quantitative estimate of drug-likeness (QED) is 0.800. The monoisotopic (exact) mass is 301 g/mol. The first-order valence-electron chi connectivity index (χ1n) is 5.31. The van der Waals surface area contributed by atoms with E-state index in [0.717, 1.165) is 19.7 Å². The molecule has 2 aromatic rings. The molecule has 0 amide bonds. The van der Waals surface area contributed by atoms with Crippen molar-refractivity contribution in [2.75, 3.05) is 0 Å². The Balaban J connectivity index is 2.54. The van der Waals surface area contributed by atoms with Gasteiger partial charge in [-0.05, 0) is 32.9 Å². The van der Waals surface area contributed by atoms with Gasteiger partial charge in [0, 0.05) is 5.54 Å². The summed E-state index contributed by atoms with van der Waals surface area (Å²) in [7, 11) is -3.70. The van der Waals surface area contributed by atoms with Gasteiger partial charge in [0.1, 0.15) is 0 Å². The fourth-order valence-electron chi connectivity index (χ4n) is 1.39. The zero-order chi connectivity index (χ0) is 13.6. The topological polar surface area (TPSA) is 50.3 Å². The highest BCUT2D eigenvalue weighted by molar-refractivity contribution is 7.96. The van der Waals surface area contributed by atoms with Gasteiger partial charge in [0.15, 0.2) is 0 Å². The van der Waals surface area contributed by atoms with Crippen molar-refractivity contribution in [1.29, 1.82) is 0 Å². The minimum absolute atomic E-state index is 0.0497. The SMILES string of the molecule is CC(C)(C)N([S-])S(=O)(=O)c1nc2ccccc2s1. The molecule has 0 saturated carbocycles. The Hall–Kier alpha value is -0.630. The van der Waals surface area contributed by atoms with Gasteiger partial charge in [-0.15, -0.1) is 11.3 Å². The average molecular weight is 301 g/mol. The number of fused-ring (bicyclic) bond motifs is 1. The van der Waals surface area contributed by atoms with Crippen molar-refractivity contribution in [3.8, 4) is 0 Å². The predicted molar refractivity (Wildman–Crippen MR) is 75.8 cm³/mol. The Kier molecular flexibility index (Phi) is 3.44. The summed E-state index contributed by atoms with van der Waals surface area (Å²) in [6.45, 7) is 5.26. The van der Waals surface area contributed by atoms with Gasteiger partial charge in [-0.2, -0.15) is 0 Å². The zero-order valence-corrected chi connectivity index (χ0v) is 12.7. The van der Waals surface area contributed by atoms with Crippen molar-refractivity contribution in [2.45, 2.75) is 30.6 Å². The summed E-state index contributed by atoms with van der Waals surface area (Å²) < 4.78 is 26.5. The molecule has 4 nitrogen and oxygen atoms in total. The Labute approximate surface area is 116 Å². The van der Waals surface area contributed by atoms with Crippen molar-refractivity contribution >= 4 is 44.4 Å². The lowest BCUT2D eigenvalue weighted by molar-refractivity contribution is 0.380. The van der Waals surface area contributed by atoms with Crippen LogP contribution in [0.1, 0.15) is 20.8 Å². The Morgan fingerprint density at radius 3 is 2.44 bits per heavy atom. The van der Waals surface area contributed by atoms with E-state index in [1.54, 1.807) is 26.8 Å². The summed E-state index contributed by atoms with van der Waals surface area (Å²) in [5, 5.41) is 0. The van der Waals surface area contributed by atoms with Crippen LogP contribution in [0.25, 0.3) is 10.2 Å².